The minimum atomic E-state index is -0.285. The van der Waals surface area contributed by atoms with E-state index in [1.54, 1.807) is 0 Å². The van der Waals surface area contributed by atoms with Gasteiger partial charge in [0.25, 0.3) is 5.91 Å². The molecular formula is C16H21N5O2. The summed E-state index contributed by atoms with van der Waals surface area (Å²) in [7, 11) is 0. The van der Waals surface area contributed by atoms with Crippen molar-refractivity contribution in [2.75, 3.05) is 45.1 Å². The molecule has 0 aliphatic carbocycles. The Morgan fingerprint density at radius 2 is 2.13 bits per heavy atom. The number of hydrogen-bond donors (Lipinski definition) is 2. The maximum absolute atomic E-state index is 12.3. The number of nitrogens with zero attached hydrogens (tertiary/aromatic N) is 3. The molecule has 0 radical (unpaired) electrons. The summed E-state index contributed by atoms with van der Waals surface area (Å²) in [5.74, 6) is -0.285. The summed E-state index contributed by atoms with van der Waals surface area (Å²) >= 11 is 0. The summed E-state index contributed by atoms with van der Waals surface area (Å²) in [6, 6.07) is 5.72. The summed E-state index contributed by atoms with van der Waals surface area (Å²) < 4.78 is 5.30. The third-order valence-corrected chi connectivity index (χ3v) is 3.99. The number of anilines is 1. The Morgan fingerprint density at radius 3 is 2.91 bits per heavy atom. The molecule has 0 spiro atoms. The van der Waals surface area contributed by atoms with Gasteiger partial charge in [-0.1, -0.05) is 11.6 Å². The molecule has 0 unspecified atom stereocenters. The first kappa shape index (κ1) is 15.6. The fourth-order valence-electron chi connectivity index (χ4n) is 2.64. The second-order valence-corrected chi connectivity index (χ2v) is 5.69. The van der Waals surface area contributed by atoms with Gasteiger partial charge in [0.2, 0.25) is 0 Å². The highest BCUT2D eigenvalue weighted by Gasteiger charge is 2.16. The van der Waals surface area contributed by atoms with Crippen LogP contribution in [0.3, 0.4) is 0 Å². The van der Waals surface area contributed by atoms with Crippen LogP contribution in [0.25, 0.3) is 10.9 Å². The Morgan fingerprint density at radius 1 is 1.35 bits per heavy atom. The van der Waals surface area contributed by atoms with E-state index < -0.39 is 0 Å². The molecule has 3 rings (SSSR count). The zero-order chi connectivity index (χ0) is 16.2. The van der Waals surface area contributed by atoms with Crippen LogP contribution in [0, 0.1) is 6.92 Å². The van der Waals surface area contributed by atoms with Crippen molar-refractivity contribution in [3.63, 3.8) is 0 Å². The number of ether oxygens (including phenoxy) is 1. The average molecular weight is 315 g/mol. The van der Waals surface area contributed by atoms with Crippen LogP contribution in [-0.4, -0.2) is 60.4 Å². The predicted molar refractivity (Wildman–Crippen MR) is 88.3 cm³/mol. The molecule has 0 bridgehead atoms. The van der Waals surface area contributed by atoms with Gasteiger partial charge in [0.15, 0.2) is 5.69 Å². The SMILES string of the molecule is Cc1ccc2nnc(C(=O)NCCN3CCOCC3)c(N)c2c1. The molecule has 122 valence electrons. The molecule has 0 saturated carbocycles. The van der Waals surface area contributed by atoms with Crippen LogP contribution in [0.1, 0.15) is 16.1 Å². The number of rotatable bonds is 4. The molecule has 0 atom stereocenters. The zero-order valence-corrected chi connectivity index (χ0v) is 13.2. The maximum atomic E-state index is 12.3. The van der Waals surface area contributed by atoms with Gasteiger partial charge in [0.05, 0.1) is 24.4 Å². The number of nitrogens with two attached hydrogens (primary N) is 1. The quantitative estimate of drug-likeness (QED) is 0.857. The first-order valence-electron chi connectivity index (χ1n) is 7.76. The van der Waals surface area contributed by atoms with Crippen LogP contribution in [0.5, 0.6) is 0 Å². The van der Waals surface area contributed by atoms with Gasteiger partial charge in [-0.05, 0) is 19.1 Å². The van der Waals surface area contributed by atoms with E-state index in [9.17, 15) is 4.79 Å². The number of benzene rings is 1. The number of carbonyl (C=O) groups is 1. The van der Waals surface area contributed by atoms with E-state index in [0.29, 0.717) is 17.7 Å². The van der Waals surface area contributed by atoms with Crippen LogP contribution in [0.2, 0.25) is 0 Å². The largest absolute Gasteiger partial charge is 0.396 e. The van der Waals surface area contributed by atoms with Gasteiger partial charge >= 0.3 is 0 Å². The fourth-order valence-corrected chi connectivity index (χ4v) is 2.64. The molecule has 1 fully saturated rings. The van der Waals surface area contributed by atoms with E-state index in [4.69, 9.17) is 10.5 Å². The molecule has 1 aromatic carbocycles. The number of nitrogens with one attached hydrogen (secondary N) is 1. The monoisotopic (exact) mass is 315 g/mol. The van der Waals surface area contributed by atoms with Crippen molar-refractivity contribution in [1.82, 2.24) is 20.4 Å². The number of nitrogen functional groups attached to an aromatic ring is 1. The van der Waals surface area contributed by atoms with Gasteiger partial charge in [-0.2, -0.15) is 0 Å². The molecule has 23 heavy (non-hydrogen) atoms. The van der Waals surface area contributed by atoms with Crippen LogP contribution in [0.4, 0.5) is 5.69 Å². The Hall–Kier alpha value is -2.25. The van der Waals surface area contributed by atoms with Crippen LogP contribution in [-0.2, 0) is 4.74 Å². The van der Waals surface area contributed by atoms with Gasteiger partial charge < -0.3 is 15.8 Å². The summed E-state index contributed by atoms with van der Waals surface area (Å²) in [4.78, 5) is 14.6. The number of aryl methyl sites for hydroxylation is 1. The minimum absolute atomic E-state index is 0.185. The van der Waals surface area contributed by atoms with Crippen molar-refractivity contribution in [2.45, 2.75) is 6.92 Å². The highest BCUT2D eigenvalue weighted by atomic mass is 16.5. The number of aromatic nitrogens is 2. The van der Waals surface area contributed by atoms with Crippen molar-refractivity contribution in [2.24, 2.45) is 0 Å². The van der Waals surface area contributed by atoms with E-state index in [2.05, 4.69) is 20.4 Å². The Labute approximate surface area is 134 Å². The summed E-state index contributed by atoms with van der Waals surface area (Å²) in [5, 5.41) is 11.7. The molecule has 1 amide bonds. The molecule has 7 nitrogen and oxygen atoms in total. The molecule has 2 heterocycles. The van der Waals surface area contributed by atoms with Crippen molar-refractivity contribution in [3.8, 4) is 0 Å². The number of fused-ring (bicyclic) bond motifs is 1. The highest BCUT2D eigenvalue weighted by Crippen LogP contribution is 2.22. The molecular weight excluding hydrogens is 294 g/mol. The molecule has 1 aliphatic heterocycles. The molecule has 3 N–H and O–H groups in total. The fraction of sp³-hybridized carbons (Fsp3) is 0.438. The van der Waals surface area contributed by atoms with Gasteiger partial charge in [-0.3, -0.25) is 9.69 Å². The van der Waals surface area contributed by atoms with Crippen molar-refractivity contribution in [3.05, 3.63) is 29.5 Å². The van der Waals surface area contributed by atoms with E-state index in [0.717, 1.165) is 43.8 Å². The number of hydrogen-bond acceptors (Lipinski definition) is 6. The predicted octanol–water partition coefficient (Wildman–Crippen LogP) is 0.582. The third-order valence-electron chi connectivity index (χ3n) is 3.99. The van der Waals surface area contributed by atoms with Gasteiger partial charge in [-0.15, -0.1) is 10.2 Å². The maximum Gasteiger partial charge on any atom is 0.274 e. The van der Waals surface area contributed by atoms with Crippen molar-refractivity contribution in [1.29, 1.82) is 0 Å². The lowest BCUT2D eigenvalue weighted by atomic mass is 10.1. The van der Waals surface area contributed by atoms with E-state index in [1.807, 2.05) is 25.1 Å². The van der Waals surface area contributed by atoms with E-state index >= 15 is 0 Å². The zero-order valence-electron chi connectivity index (χ0n) is 13.2. The lowest BCUT2D eigenvalue weighted by Crippen LogP contribution is -2.41. The summed E-state index contributed by atoms with van der Waals surface area (Å²) in [6.45, 7) is 6.59. The summed E-state index contributed by atoms with van der Waals surface area (Å²) in [6.07, 6.45) is 0. The van der Waals surface area contributed by atoms with Gasteiger partial charge in [0, 0.05) is 31.6 Å². The number of morpholine rings is 1. The van der Waals surface area contributed by atoms with Crippen molar-refractivity contribution < 1.29 is 9.53 Å². The third kappa shape index (κ3) is 3.57. The lowest BCUT2D eigenvalue weighted by molar-refractivity contribution is 0.0383. The number of amides is 1. The molecule has 1 aliphatic rings. The smallest absolute Gasteiger partial charge is 0.274 e. The van der Waals surface area contributed by atoms with Crippen molar-refractivity contribution >= 4 is 22.5 Å². The Kier molecular flexibility index (Phi) is 4.68. The number of carbonyl (C=O) groups excluding carboxylic acids is 1. The lowest BCUT2D eigenvalue weighted by Gasteiger charge is -2.26. The second kappa shape index (κ2) is 6.89. The van der Waals surface area contributed by atoms with Crippen LogP contribution in [0.15, 0.2) is 18.2 Å². The molecule has 1 saturated heterocycles. The molecule has 2 aromatic rings. The molecule has 7 heteroatoms. The van der Waals surface area contributed by atoms with Gasteiger partial charge in [-0.25, -0.2) is 0 Å². The highest BCUT2D eigenvalue weighted by molar-refractivity contribution is 6.04. The summed E-state index contributed by atoms with van der Waals surface area (Å²) in [5.41, 5.74) is 8.43. The topological polar surface area (TPSA) is 93.4 Å². The Bertz CT molecular complexity index is 713. The first-order valence-corrected chi connectivity index (χ1v) is 7.76. The van der Waals surface area contributed by atoms with E-state index in [1.165, 1.54) is 0 Å². The normalized spacial score (nSPS) is 15.7. The minimum Gasteiger partial charge on any atom is -0.396 e. The van der Waals surface area contributed by atoms with Gasteiger partial charge in [0.1, 0.15) is 0 Å². The Balaban J connectivity index is 1.67. The van der Waals surface area contributed by atoms with E-state index in [-0.39, 0.29) is 11.6 Å². The van der Waals surface area contributed by atoms with Crippen LogP contribution >= 0.6 is 0 Å². The average Bonchev–Trinajstić information content (AvgIpc) is 2.56. The standard InChI is InChI=1S/C16H21N5O2/c1-11-2-3-13-12(10-11)14(17)15(20-19-13)16(22)18-4-5-21-6-8-23-9-7-21/h2-3,10H,4-9H2,1H3,(H2,17,19)(H,18,22). The van der Waals surface area contributed by atoms with Crippen LogP contribution < -0.4 is 11.1 Å². The first-order chi connectivity index (χ1) is 11.1. The second-order valence-electron chi connectivity index (χ2n) is 5.69. The molecule has 1 aromatic heterocycles.